The van der Waals surface area contributed by atoms with Crippen molar-refractivity contribution in [2.24, 2.45) is 0 Å². The smallest absolute Gasteiger partial charge is 0.277 e. The van der Waals surface area contributed by atoms with Crippen LogP contribution in [0.1, 0.15) is 34.9 Å². The van der Waals surface area contributed by atoms with Crippen LogP contribution in [0.25, 0.3) is 0 Å². The number of rotatable bonds is 1. The topological polar surface area (TPSA) is 86.0 Å². The molecule has 1 saturated heterocycles. The highest BCUT2D eigenvalue weighted by Crippen LogP contribution is 2.38. The Morgan fingerprint density at radius 1 is 1.08 bits per heavy atom. The van der Waals surface area contributed by atoms with Crippen LogP contribution in [0, 0.1) is 0 Å². The molecule has 0 unspecified atom stereocenters. The molecule has 0 saturated carbocycles. The number of aromatic nitrogens is 1. The van der Waals surface area contributed by atoms with Crippen LogP contribution in [0.4, 0.5) is 0 Å². The van der Waals surface area contributed by atoms with Crippen LogP contribution >= 0.6 is 0 Å². The second-order valence-electron chi connectivity index (χ2n) is 6.50. The van der Waals surface area contributed by atoms with Gasteiger partial charge in [-0.15, -0.1) is 0 Å². The van der Waals surface area contributed by atoms with Gasteiger partial charge >= 0.3 is 0 Å². The van der Waals surface area contributed by atoms with Crippen LogP contribution in [0.5, 0.6) is 5.75 Å². The summed E-state index contributed by atoms with van der Waals surface area (Å²) in [6, 6.07) is 10.4. The molecule has 0 aliphatic carbocycles. The van der Waals surface area contributed by atoms with Gasteiger partial charge in [-0.3, -0.25) is 19.3 Å². The summed E-state index contributed by atoms with van der Waals surface area (Å²) >= 11 is 0. The predicted octanol–water partition coefficient (Wildman–Crippen LogP) is 0.800. The monoisotopic (exact) mass is 341 g/mol. The Kier molecular flexibility index (Phi) is 3.54. The van der Waals surface area contributed by atoms with Crippen LogP contribution in [0.2, 0.25) is 0 Å². The molecule has 1 fully saturated rings. The lowest BCUT2D eigenvalue weighted by Crippen LogP contribution is -2.64. The van der Waals surface area contributed by atoms with Crippen LogP contribution < -0.4 is 10.4 Å². The number of fused-ring (bicyclic) bond motifs is 3. The normalized spacial score (nSPS) is 25.5. The summed E-state index contributed by atoms with van der Waals surface area (Å²) < 4.78 is 1.52. The second-order valence-corrected chi connectivity index (χ2v) is 6.50. The number of pyridine rings is 1. The van der Waals surface area contributed by atoms with E-state index in [1.54, 1.807) is 7.05 Å². The predicted molar refractivity (Wildman–Crippen MR) is 90.9 cm³/mol. The minimum atomic E-state index is -0.630. The highest BCUT2D eigenvalue weighted by molar-refractivity contribution is 5.96. The van der Waals surface area contributed by atoms with E-state index >= 15 is 0 Å². The molecule has 0 radical (unpaired) electrons. The number of amides is 1. The molecule has 7 heteroatoms. The van der Waals surface area contributed by atoms with Gasteiger partial charge in [0.05, 0.1) is 12.1 Å². The number of nitrogens with zero attached hydrogens (tertiary/aromatic N) is 3. The Bertz CT molecular complexity index is 880. The maximum atomic E-state index is 12.7. The SMILES string of the molecule is CN1C(=O)c2c(O)c(=O)ccn2N2[C@H](c3ccccc3)[C@H](O)CC[C@@H]12. The molecule has 4 rings (SSSR count). The minimum Gasteiger partial charge on any atom is -0.502 e. The van der Waals surface area contributed by atoms with Crippen molar-refractivity contribution in [1.82, 2.24) is 9.58 Å². The average molecular weight is 341 g/mol. The fourth-order valence-electron chi connectivity index (χ4n) is 3.86. The van der Waals surface area contributed by atoms with Gasteiger partial charge in [-0.05, 0) is 18.4 Å². The molecule has 1 amide bonds. The number of hydrogen-bond donors (Lipinski definition) is 2. The number of aromatic hydroxyl groups is 1. The first-order valence-corrected chi connectivity index (χ1v) is 8.24. The van der Waals surface area contributed by atoms with Gasteiger partial charge in [-0.1, -0.05) is 30.3 Å². The van der Waals surface area contributed by atoms with Gasteiger partial charge in [0.15, 0.2) is 11.4 Å². The van der Waals surface area contributed by atoms with Gasteiger partial charge in [0.25, 0.3) is 5.91 Å². The molecule has 1 aromatic carbocycles. The third kappa shape index (κ3) is 2.23. The molecule has 2 aromatic rings. The molecular weight excluding hydrogens is 322 g/mol. The fraction of sp³-hybridized carbons (Fsp3) is 0.333. The quantitative estimate of drug-likeness (QED) is 0.801. The number of piperidine rings is 1. The van der Waals surface area contributed by atoms with Gasteiger partial charge in [0, 0.05) is 19.3 Å². The number of aliphatic hydroxyl groups excluding tert-OH is 1. The zero-order valence-corrected chi connectivity index (χ0v) is 13.7. The zero-order chi connectivity index (χ0) is 17.7. The molecule has 2 aliphatic heterocycles. The first-order valence-electron chi connectivity index (χ1n) is 8.24. The first-order chi connectivity index (χ1) is 12.0. The summed E-state index contributed by atoms with van der Waals surface area (Å²) in [6.07, 6.45) is 1.74. The Morgan fingerprint density at radius 3 is 2.52 bits per heavy atom. The van der Waals surface area contributed by atoms with Crippen LogP contribution in [-0.2, 0) is 0 Å². The Labute approximate surface area is 144 Å². The molecule has 25 heavy (non-hydrogen) atoms. The summed E-state index contributed by atoms with van der Waals surface area (Å²) in [6.45, 7) is 0. The van der Waals surface area contributed by atoms with Crippen molar-refractivity contribution >= 4 is 5.91 Å². The van der Waals surface area contributed by atoms with Gasteiger partial charge in [-0.2, -0.15) is 0 Å². The van der Waals surface area contributed by atoms with Crippen molar-refractivity contribution in [3.05, 3.63) is 64.1 Å². The molecule has 0 spiro atoms. The largest absolute Gasteiger partial charge is 0.502 e. The molecular formula is C18H19N3O4. The summed E-state index contributed by atoms with van der Waals surface area (Å²) in [5.41, 5.74) is 0.244. The van der Waals surface area contributed by atoms with E-state index in [1.807, 2.05) is 35.3 Å². The number of aliphatic hydroxyl groups is 1. The van der Waals surface area contributed by atoms with E-state index in [0.717, 1.165) is 5.56 Å². The van der Waals surface area contributed by atoms with Crippen molar-refractivity contribution in [1.29, 1.82) is 0 Å². The van der Waals surface area contributed by atoms with E-state index in [-0.39, 0.29) is 11.9 Å². The van der Waals surface area contributed by atoms with Gasteiger partial charge in [0.1, 0.15) is 6.17 Å². The van der Waals surface area contributed by atoms with Crippen molar-refractivity contribution in [3.8, 4) is 5.75 Å². The molecule has 3 heterocycles. The highest BCUT2D eigenvalue weighted by Gasteiger charge is 2.46. The van der Waals surface area contributed by atoms with E-state index < -0.39 is 29.2 Å². The lowest BCUT2D eigenvalue weighted by atomic mass is 9.91. The highest BCUT2D eigenvalue weighted by atomic mass is 16.3. The van der Waals surface area contributed by atoms with Gasteiger partial charge in [-0.25, -0.2) is 0 Å². The first kappa shape index (κ1) is 15.7. The van der Waals surface area contributed by atoms with E-state index in [0.29, 0.717) is 12.8 Å². The standard InChI is InChI=1S/C18H19N3O4/c1-19-14-8-7-12(22)15(11-5-3-2-4-6-11)21(14)20-10-9-13(23)17(24)16(20)18(19)25/h2-6,9-10,12,14-15,22,24H,7-8H2,1H3/t12-,14+,15-/m1/s1. The summed E-state index contributed by atoms with van der Waals surface area (Å²) in [5.74, 6) is -0.968. The molecule has 7 nitrogen and oxygen atoms in total. The van der Waals surface area contributed by atoms with Gasteiger partial charge in [0.2, 0.25) is 5.43 Å². The Morgan fingerprint density at radius 2 is 1.80 bits per heavy atom. The van der Waals surface area contributed by atoms with Crippen LogP contribution in [0.15, 0.2) is 47.4 Å². The van der Waals surface area contributed by atoms with Crippen molar-refractivity contribution < 1.29 is 15.0 Å². The summed E-state index contributed by atoms with van der Waals surface area (Å²) in [5, 5.41) is 22.7. The molecule has 1 aromatic heterocycles. The van der Waals surface area contributed by atoms with Crippen molar-refractivity contribution in [2.75, 3.05) is 12.1 Å². The average Bonchev–Trinajstić information content (AvgIpc) is 2.62. The molecule has 130 valence electrons. The van der Waals surface area contributed by atoms with Crippen molar-refractivity contribution in [2.45, 2.75) is 31.2 Å². The van der Waals surface area contributed by atoms with E-state index in [9.17, 15) is 19.8 Å². The number of benzene rings is 1. The Balaban J connectivity index is 1.94. The third-order valence-corrected chi connectivity index (χ3v) is 5.09. The summed E-state index contributed by atoms with van der Waals surface area (Å²) in [7, 11) is 1.65. The number of carbonyl (C=O) groups is 1. The van der Waals surface area contributed by atoms with Gasteiger partial charge < -0.3 is 15.1 Å². The number of hydrogen-bond acceptors (Lipinski definition) is 5. The molecule has 0 bridgehead atoms. The van der Waals surface area contributed by atoms with E-state index in [2.05, 4.69) is 0 Å². The minimum absolute atomic E-state index is 0.0683. The van der Waals surface area contributed by atoms with E-state index in [4.69, 9.17) is 0 Å². The maximum Gasteiger partial charge on any atom is 0.277 e. The molecule has 2 aliphatic rings. The molecule has 3 atom stereocenters. The lowest BCUT2D eigenvalue weighted by Gasteiger charge is -2.52. The lowest BCUT2D eigenvalue weighted by molar-refractivity contribution is 0.0258. The Hall–Kier alpha value is -2.80. The zero-order valence-electron chi connectivity index (χ0n) is 13.7. The third-order valence-electron chi connectivity index (χ3n) is 5.09. The maximum absolute atomic E-state index is 12.7. The van der Waals surface area contributed by atoms with Crippen molar-refractivity contribution in [3.63, 3.8) is 0 Å². The van der Waals surface area contributed by atoms with E-state index in [1.165, 1.54) is 21.8 Å². The van der Waals surface area contributed by atoms with Crippen LogP contribution in [-0.4, -0.2) is 45.0 Å². The molecule has 2 N–H and O–H groups in total. The fourth-order valence-corrected chi connectivity index (χ4v) is 3.86. The second kappa shape index (κ2) is 5.63. The van der Waals surface area contributed by atoms with Crippen LogP contribution in [0.3, 0.4) is 0 Å². The summed E-state index contributed by atoms with van der Waals surface area (Å²) in [4.78, 5) is 26.0. The number of carbonyl (C=O) groups excluding carboxylic acids is 1.